The fraction of sp³-hybridized carbons (Fsp3) is 0.161. The smallest absolute Gasteiger partial charge is 0.0784 e. The minimum atomic E-state index is -1.73. The minimum Gasteiger partial charge on any atom is -0.310 e. The molecule has 0 saturated carbocycles. The van der Waals surface area contributed by atoms with Crippen molar-refractivity contribution in [1.29, 1.82) is 0 Å². The van der Waals surface area contributed by atoms with Crippen molar-refractivity contribution < 1.29 is 0 Å². The zero-order valence-corrected chi connectivity index (χ0v) is 42.2. The molecule has 0 amide bonds. The molecule has 10 rings (SSSR count). The molecule has 326 valence electrons. The molecule has 0 aliphatic rings. The van der Waals surface area contributed by atoms with Crippen LogP contribution in [-0.2, 0) is 0 Å². The van der Waals surface area contributed by atoms with E-state index in [4.69, 9.17) is 0 Å². The summed E-state index contributed by atoms with van der Waals surface area (Å²) in [7, 11) is -3.46. The number of rotatable bonds is 10. The Hall–Kier alpha value is -6.73. The van der Waals surface area contributed by atoms with Crippen LogP contribution in [0.5, 0.6) is 0 Å². The van der Waals surface area contributed by atoms with Gasteiger partial charge in [0.25, 0.3) is 0 Å². The van der Waals surface area contributed by atoms with Crippen LogP contribution >= 0.6 is 0 Å². The van der Waals surface area contributed by atoms with Crippen LogP contribution in [0, 0.1) is 27.7 Å². The standard InChI is InChI=1S/C62H60N2Si2/c1-41-19-17-25-49(35-41)63(57-39-53(45-21-13-11-14-22-45)59(37-43(57)3)65(5,6)7)55-33-29-47-28-32-52-56(34-30-48-27-31-51(55)61(47)62(48)52)64(50-26-18-20-42(2)36-50)58-40-54(46-23-15-12-16-24-46)60(38-44(58)4)66(8,9)10/h11-40H,1-10H3. The normalized spacial score (nSPS) is 12.1. The van der Waals surface area contributed by atoms with Crippen molar-refractivity contribution in [2.24, 2.45) is 0 Å². The highest BCUT2D eigenvalue weighted by Crippen LogP contribution is 2.49. The van der Waals surface area contributed by atoms with Crippen molar-refractivity contribution in [1.82, 2.24) is 0 Å². The molecule has 4 heteroatoms. The lowest BCUT2D eigenvalue weighted by Crippen LogP contribution is -2.39. The van der Waals surface area contributed by atoms with Gasteiger partial charge in [0.2, 0.25) is 0 Å². The third-order valence-corrected chi connectivity index (χ3v) is 17.6. The molecule has 0 bridgehead atoms. The lowest BCUT2D eigenvalue weighted by Gasteiger charge is -2.32. The van der Waals surface area contributed by atoms with Crippen LogP contribution in [0.2, 0.25) is 39.3 Å². The van der Waals surface area contributed by atoms with Crippen molar-refractivity contribution in [3.05, 3.63) is 204 Å². The van der Waals surface area contributed by atoms with Crippen molar-refractivity contribution in [3.8, 4) is 22.3 Å². The predicted octanol–water partition coefficient (Wildman–Crippen LogP) is 17.2. The zero-order valence-electron chi connectivity index (χ0n) is 40.2. The molecule has 2 nitrogen and oxygen atoms in total. The van der Waals surface area contributed by atoms with Crippen LogP contribution in [0.15, 0.2) is 182 Å². The Morgan fingerprint density at radius 2 is 0.712 bits per heavy atom. The van der Waals surface area contributed by atoms with E-state index in [0.29, 0.717) is 0 Å². The molecule has 0 aliphatic carbocycles. The molecule has 0 aliphatic heterocycles. The molecular formula is C62H60N2Si2. The van der Waals surface area contributed by atoms with Crippen LogP contribution in [0.25, 0.3) is 54.6 Å². The second-order valence-electron chi connectivity index (χ2n) is 20.5. The fourth-order valence-corrected chi connectivity index (χ4v) is 13.7. The summed E-state index contributed by atoms with van der Waals surface area (Å²) in [5.74, 6) is 0. The SMILES string of the molecule is Cc1cccc(N(c2cc(-c3ccccc3)c([Si](C)(C)C)cc2C)c2ccc3ccc4c(N(c5cccc(C)c5)c5cc(-c6ccccc6)c([Si](C)(C)C)cc5C)ccc5ccc2c3c54)c1. The molecule has 10 aromatic rings. The maximum absolute atomic E-state index is 2.53. The maximum atomic E-state index is 2.53. The van der Waals surface area contributed by atoms with Gasteiger partial charge in [0.15, 0.2) is 0 Å². The summed E-state index contributed by atoms with van der Waals surface area (Å²) in [4.78, 5) is 5.06. The van der Waals surface area contributed by atoms with E-state index in [1.165, 1.54) is 110 Å². The highest BCUT2D eigenvalue weighted by atomic mass is 28.3. The van der Waals surface area contributed by atoms with Crippen LogP contribution in [0.4, 0.5) is 34.1 Å². The van der Waals surface area contributed by atoms with Gasteiger partial charge in [-0.25, -0.2) is 0 Å². The summed E-state index contributed by atoms with van der Waals surface area (Å²) < 4.78 is 0. The average Bonchev–Trinajstić information content (AvgIpc) is 3.30. The molecule has 10 aromatic carbocycles. The van der Waals surface area contributed by atoms with Gasteiger partial charge in [0.05, 0.1) is 27.5 Å². The molecule has 0 spiro atoms. The predicted molar refractivity (Wildman–Crippen MR) is 295 cm³/mol. The summed E-state index contributed by atoms with van der Waals surface area (Å²) in [5, 5.41) is 10.5. The first kappa shape index (κ1) is 43.2. The first-order valence-electron chi connectivity index (χ1n) is 23.5. The third-order valence-electron chi connectivity index (χ3n) is 13.6. The molecular weight excluding hydrogens is 829 g/mol. The van der Waals surface area contributed by atoms with Crippen LogP contribution in [0.3, 0.4) is 0 Å². The van der Waals surface area contributed by atoms with Crippen molar-refractivity contribution in [2.75, 3.05) is 9.80 Å². The summed E-state index contributed by atoms with van der Waals surface area (Å²) in [6, 6.07) is 68.8. The van der Waals surface area contributed by atoms with E-state index < -0.39 is 16.1 Å². The molecule has 0 saturated heterocycles. The van der Waals surface area contributed by atoms with E-state index in [1.807, 2.05) is 0 Å². The van der Waals surface area contributed by atoms with E-state index in [2.05, 4.69) is 259 Å². The molecule has 66 heavy (non-hydrogen) atoms. The monoisotopic (exact) mass is 888 g/mol. The second kappa shape index (κ2) is 16.6. The average molecular weight is 889 g/mol. The van der Waals surface area contributed by atoms with Crippen molar-refractivity contribution in [2.45, 2.75) is 67.0 Å². The largest absolute Gasteiger partial charge is 0.310 e. The zero-order chi connectivity index (χ0) is 46.1. The lowest BCUT2D eigenvalue weighted by atomic mass is 9.91. The molecule has 0 aromatic heterocycles. The quantitative estimate of drug-likeness (QED) is 0.0997. The molecule has 0 atom stereocenters. The number of aryl methyl sites for hydroxylation is 4. The number of hydrogen-bond donors (Lipinski definition) is 0. The van der Waals surface area contributed by atoms with Crippen LogP contribution in [-0.4, -0.2) is 16.1 Å². The molecule has 0 heterocycles. The Kier molecular flexibility index (Phi) is 10.9. The summed E-state index contributed by atoms with van der Waals surface area (Å²) >= 11 is 0. The van der Waals surface area contributed by atoms with Gasteiger partial charge in [-0.1, -0.05) is 183 Å². The Morgan fingerprint density at radius 1 is 0.333 bits per heavy atom. The maximum Gasteiger partial charge on any atom is 0.0784 e. The van der Waals surface area contributed by atoms with Gasteiger partial charge >= 0.3 is 0 Å². The lowest BCUT2D eigenvalue weighted by molar-refractivity contribution is 1.25. The summed E-state index contributed by atoms with van der Waals surface area (Å²) in [5.41, 5.74) is 17.3. The molecule has 0 radical (unpaired) electrons. The first-order chi connectivity index (χ1) is 31.7. The highest BCUT2D eigenvalue weighted by Gasteiger charge is 2.29. The van der Waals surface area contributed by atoms with Crippen molar-refractivity contribution in [3.63, 3.8) is 0 Å². The van der Waals surface area contributed by atoms with E-state index in [1.54, 1.807) is 0 Å². The molecule has 0 unspecified atom stereocenters. The topological polar surface area (TPSA) is 6.48 Å². The Balaban J connectivity index is 1.25. The van der Waals surface area contributed by atoms with E-state index in [0.717, 1.165) is 11.4 Å². The summed E-state index contributed by atoms with van der Waals surface area (Å²) in [6.07, 6.45) is 0. The van der Waals surface area contributed by atoms with Gasteiger partial charge in [0, 0.05) is 33.5 Å². The summed E-state index contributed by atoms with van der Waals surface area (Å²) in [6.45, 7) is 23.8. The minimum absolute atomic E-state index is 1.16. The van der Waals surface area contributed by atoms with Gasteiger partial charge in [-0.3, -0.25) is 0 Å². The number of hydrogen-bond acceptors (Lipinski definition) is 2. The third kappa shape index (κ3) is 7.72. The van der Waals surface area contributed by atoms with E-state index >= 15 is 0 Å². The fourth-order valence-electron chi connectivity index (χ4n) is 10.3. The highest BCUT2D eigenvalue weighted by molar-refractivity contribution is 6.90. The first-order valence-corrected chi connectivity index (χ1v) is 30.5. The van der Waals surface area contributed by atoms with Crippen molar-refractivity contribution >= 4 is 93.0 Å². The van der Waals surface area contributed by atoms with Crippen LogP contribution in [0.1, 0.15) is 22.3 Å². The van der Waals surface area contributed by atoms with Gasteiger partial charge in [-0.15, -0.1) is 0 Å². The van der Waals surface area contributed by atoms with Gasteiger partial charge in [-0.2, -0.15) is 0 Å². The van der Waals surface area contributed by atoms with Crippen LogP contribution < -0.4 is 20.2 Å². The number of benzene rings is 10. The Labute approximate surface area is 394 Å². The van der Waals surface area contributed by atoms with E-state index in [-0.39, 0.29) is 0 Å². The Bertz CT molecular complexity index is 3200. The van der Waals surface area contributed by atoms with Gasteiger partial charge < -0.3 is 9.80 Å². The number of anilines is 6. The van der Waals surface area contributed by atoms with Gasteiger partial charge in [-0.05, 0) is 142 Å². The second-order valence-corrected chi connectivity index (χ2v) is 30.6. The Morgan fingerprint density at radius 3 is 1.08 bits per heavy atom. The molecule has 0 fully saturated rings. The number of nitrogens with zero attached hydrogens (tertiary/aromatic N) is 2. The van der Waals surface area contributed by atoms with Gasteiger partial charge in [0.1, 0.15) is 0 Å². The van der Waals surface area contributed by atoms with E-state index in [9.17, 15) is 0 Å². The molecule has 0 N–H and O–H groups in total.